The number of carboxylic acid groups (broad SMARTS) is 1. The van der Waals surface area contributed by atoms with E-state index >= 15 is 0 Å². The number of non-ortho nitro benzene ring substituents is 1. The van der Waals surface area contributed by atoms with Crippen molar-refractivity contribution in [1.82, 2.24) is 9.80 Å². The van der Waals surface area contributed by atoms with Crippen LogP contribution < -0.4 is 0 Å². The Balaban J connectivity index is 0.00000456. The number of aliphatic carboxylic acids is 1. The van der Waals surface area contributed by atoms with Crippen molar-refractivity contribution in [2.45, 2.75) is 26.3 Å². The maximum atomic E-state index is 13.3. The number of allylic oxidation sites excluding steroid dienone is 2. The van der Waals surface area contributed by atoms with Crippen LogP contribution in [0.2, 0.25) is 0 Å². The predicted octanol–water partition coefficient (Wildman–Crippen LogP) is 4.35. The molecule has 0 fully saturated rings. The minimum absolute atomic E-state index is 0. The van der Waals surface area contributed by atoms with Gasteiger partial charge in [0.05, 0.1) is 22.0 Å². The number of hydrogen-bond donors (Lipinski definition) is 1. The van der Waals surface area contributed by atoms with E-state index in [1.54, 1.807) is 31.9 Å². The van der Waals surface area contributed by atoms with Crippen molar-refractivity contribution in [2.24, 2.45) is 0 Å². The van der Waals surface area contributed by atoms with Crippen molar-refractivity contribution in [3.63, 3.8) is 0 Å². The third kappa shape index (κ3) is 6.30. The first-order chi connectivity index (χ1) is 16.6. The van der Waals surface area contributed by atoms with Crippen molar-refractivity contribution in [3.8, 4) is 0 Å². The fourth-order valence-electron chi connectivity index (χ4n) is 4.22. The molecule has 36 heavy (non-hydrogen) atoms. The zero-order chi connectivity index (χ0) is 25.7. The normalized spacial score (nSPS) is 15.6. The van der Waals surface area contributed by atoms with E-state index in [1.807, 2.05) is 42.3 Å². The van der Waals surface area contributed by atoms with E-state index in [4.69, 9.17) is 4.74 Å². The second-order valence-electron chi connectivity index (χ2n) is 8.51. The molecule has 3 rings (SSSR count). The molecule has 10 heteroatoms. The van der Waals surface area contributed by atoms with Crippen LogP contribution in [0.5, 0.6) is 0 Å². The Hall–Kier alpha value is -3.69. The Labute approximate surface area is 216 Å². The van der Waals surface area contributed by atoms with Gasteiger partial charge in [-0.25, -0.2) is 9.59 Å². The first kappa shape index (κ1) is 28.5. The van der Waals surface area contributed by atoms with Gasteiger partial charge in [-0.15, -0.1) is 12.4 Å². The van der Waals surface area contributed by atoms with Gasteiger partial charge in [0.15, 0.2) is 0 Å². The summed E-state index contributed by atoms with van der Waals surface area (Å²) in [6.45, 7) is 4.63. The third-order valence-corrected chi connectivity index (χ3v) is 6.23. The van der Waals surface area contributed by atoms with Crippen LogP contribution >= 0.6 is 12.4 Å². The molecular formula is C26H30ClN3O6. The van der Waals surface area contributed by atoms with E-state index in [0.29, 0.717) is 30.0 Å². The molecule has 0 spiro atoms. The quantitative estimate of drug-likeness (QED) is 0.298. The van der Waals surface area contributed by atoms with Crippen molar-refractivity contribution in [1.29, 1.82) is 0 Å². The summed E-state index contributed by atoms with van der Waals surface area (Å²) in [5.74, 6) is -2.85. The fourth-order valence-corrected chi connectivity index (χ4v) is 4.22. The van der Waals surface area contributed by atoms with Crippen LogP contribution in [-0.2, 0) is 20.9 Å². The highest BCUT2D eigenvalue weighted by molar-refractivity contribution is 5.99. The zero-order valence-electron chi connectivity index (χ0n) is 20.6. The number of carbonyl (C=O) groups is 2. The predicted molar refractivity (Wildman–Crippen MR) is 138 cm³/mol. The van der Waals surface area contributed by atoms with Crippen molar-refractivity contribution in [3.05, 3.63) is 98.4 Å². The van der Waals surface area contributed by atoms with Gasteiger partial charge in [-0.2, -0.15) is 0 Å². The topological polar surface area (TPSA) is 113 Å². The van der Waals surface area contributed by atoms with Crippen LogP contribution in [0.1, 0.15) is 30.9 Å². The molecule has 192 valence electrons. The highest BCUT2D eigenvalue weighted by atomic mass is 35.5. The number of halogens is 1. The molecule has 0 aliphatic carbocycles. The molecule has 9 nitrogen and oxygen atoms in total. The molecule has 2 aromatic rings. The van der Waals surface area contributed by atoms with Crippen LogP contribution in [0.4, 0.5) is 5.69 Å². The van der Waals surface area contributed by atoms with Crippen molar-refractivity contribution in [2.75, 3.05) is 27.2 Å². The molecule has 2 aromatic carbocycles. The van der Waals surface area contributed by atoms with Gasteiger partial charge in [0.2, 0.25) is 0 Å². The zero-order valence-corrected chi connectivity index (χ0v) is 21.4. The van der Waals surface area contributed by atoms with Gasteiger partial charge in [0.25, 0.3) is 5.69 Å². The summed E-state index contributed by atoms with van der Waals surface area (Å²) >= 11 is 0. The van der Waals surface area contributed by atoms with Crippen molar-refractivity contribution >= 4 is 30.0 Å². The number of hydrogen-bond acceptors (Lipinski definition) is 7. The highest BCUT2D eigenvalue weighted by Crippen LogP contribution is 2.42. The molecule has 0 aromatic heterocycles. The van der Waals surface area contributed by atoms with Gasteiger partial charge in [0, 0.05) is 43.7 Å². The van der Waals surface area contributed by atoms with Crippen LogP contribution in [0, 0.1) is 10.1 Å². The fraction of sp³-hybridized carbons (Fsp3) is 0.308. The SMILES string of the molecule is CC1=C(C(=O)O)C(c2cccc([N+](=O)[O-])c2)C(C(=O)OCCN(C)Cc2ccccc2)=C(C)N1C.Cl. The first-order valence-corrected chi connectivity index (χ1v) is 11.1. The lowest BCUT2D eigenvalue weighted by Crippen LogP contribution is -2.33. The number of rotatable bonds is 9. The summed E-state index contributed by atoms with van der Waals surface area (Å²) in [5.41, 5.74) is 2.41. The monoisotopic (exact) mass is 515 g/mol. The van der Waals surface area contributed by atoms with Gasteiger partial charge in [-0.1, -0.05) is 42.5 Å². The Morgan fingerprint density at radius 2 is 1.72 bits per heavy atom. The average molecular weight is 516 g/mol. The number of esters is 1. The summed E-state index contributed by atoms with van der Waals surface area (Å²) in [5, 5.41) is 21.4. The van der Waals surface area contributed by atoms with E-state index in [-0.39, 0.29) is 35.8 Å². The molecule has 1 unspecified atom stereocenters. The molecule has 1 atom stereocenters. The molecule has 0 bridgehead atoms. The Morgan fingerprint density at radius 3 is 2.33 bits per heavy atom. The molecular weight excluding hydrogens is 486 g/mol. The Bertz CT molecular complexity index is 1200. The minimum atomic E-state index is -1.20. The average Bonchev–Trinajstić information content (AvgIpc) is 2.82. The molecule has 1 heterocycles. The number of carbonyl (C=O) groups excluding carboxylic acids is 1. The summed E-state index contributed by atoms with van der Waals surface area (Å²) in [7, 11) is 3.60. The molecule has 1 aliphatic rings. The maximum absolute atomic E-state index is 13.3. The van der Waals surface area contributed by atoms with Gasteiger partial charge in [0.1, 0.15) is 6.61 Å². The number of nitrogens with zero attached hydrogens (tertiary/aromatic N) is 3. The van der Waals surface area contributed by atoms with Crippen LogP contribution in [0.25, 0.3) is 0 Å². The number of carboxylic acids is 1. The lowest BCUT2D eigenvalue weighted by atomic mass is 9.80. The smallest absolute Gasteiger partial charge is 0.336 e. The van der Waals surface area contributed by atoms with Crippen LogP contribution in [-0.4, -0.2) is 59.0 Å². The standard InChI is InChI=1S/C26H29N3O6.ClH/c1-17-22(25(30)31)24(20-11-8-12-21(15-20)29(33)34)23(18(2)28(17)4)26(32)35-14-13-27(3)16-19-9-6-5-7-10-19;/h5-12,15,24H,13-14,16H2,1-4H3,(H,30,31);1H. The van der Waals surface area contributed by atoms with E-state index in [0.717, 1.165) is 5.56 Å². The Kier molecular flexibility index (Phi) is 9.77. The molecule has 0 amide bonds. The number of benzene rings is 2. The first-order valence-electron chi connectivity index (χ1n) is 11.1. The van der Waals surface area contributed by atoms with Crippen LogP contribution in [0.3, 0.4) is 0 Å². The second kappa shape index (κ2) is 12.3. The summed E-state index contributed by atoms with van der Waals surface area (Å²) in [6, 6.07) is 15.6. The number of ether oxygens (including phenoxy) is 1. The van der Waals surface area contributed by atoms with E-state index < -0.39 is 22.8 Å². The van der Waals surface area contributed by atoms with E-state index in [2.05, 4.69) is 0 Å². The summed E-state index contributed by atoms with van der Waals surface area (Å²) in [6.07, 6.45) is 0. The van der Waals surface area contributed by atoms with Gasteiger partial charge < -0.3 is 14.7 Å². The molecule has 1 aliphatic heterocycles. The van der Waals surface area contributed by atoms with E-state index in [9.17, 15) is 24.8 Å². The lowest BCUT2D eigenvalue weighted by Gasteiger charge is -2.35. The number of nitro groups is 1. The maximum Gasteiger partial charge on any atom is 0.336 e. The highest BCUT2D eigenvalue weighted by Gasteiger charge is 2.39. The Morgan fingerprint density at radius 1 is 1.08 bits per heavy atom. The third-order valence-electron chi connectivity index (χ3n) is 6.23. The van der Waals surface area contributed by atoms with Crippen LogP contribution in [0.15, 0.2) is 77.1 Å². The molecule has 1 N–H and O–H groups in total. The summed E-state index contributed by atoms with van der Waals surface area (Å²) < 4.78 is 5.59. The molecule has 0 saturated heterocycles. The molecule has 0 radical (unpaired) electrons. The van der Waals surface area contributed by atoms with Crippen molar-refractivity contribution < 1.29 is 24.4 Å². The van der Waals surface area contributed by atoms with Gasteiger partial charge >= 0.3 is 11.9 Å². The minimum Gasteiger partial charge on any atom is -0.478 e. The van der Waals surface area contributed by atoms with Gasteiger partial charge in [-0.05, 0) is 32.0 Å². The lowest BCUT2D eigenvalue weighted by molar-refractivity contribution is -0.384. The number of nitro benzene ring substituents is 1. The largest absolute Gasteiger partial charge is 0.478 e. The van der Waals surface area contributed by atoms with E-state index in [1.165, 1.54) is 18.2 Å². The summed E-state index contributed by atoms with van der Waals surface area (Å²) in [4.78, 5) is 40.0. The number of likely N-dealkylation sites (N-methyl/N-ethyl adjacent to an activating group) is 1. The second-order valence-corrected chi connectivity index (χ2v) is 8.51. The molecule has 0 saturated carbocycles. The van der Waals surface area contributed by atoms with Gasteiger partial charge in [-0.3, -0.25) is 15.0 Å².